The first kappa shape index (κ1) is 15.9. The molecule has 0 saturated carbocycles. The largest absolute Gasteiger partial charge is 0.334 e. The first-order valence-corrected chi connectivity index (χ1v) is 8.95. The average molecular weight is 331 g/mol. The lowest BCUT2D eigenvalue weighted by atomic mass is 10.2. The van der Waals surface area contributed by atoms with Crippen LogP contribution in [0.4, 0.5) is 4.79 Å². The number of hydrogen-bond acceptors (Lipinski definition) is 4. The van der Waals surface area contributed by atoms with Gasteiger partial charge in [0, 0.05) is 20.1 Å². The minimum atomic E-state index is -0.0370. The van der Waals surface area contributed by atoms with Crippen molar-refractivity contribution in [1.29, 1.82) is 0 Å². The summed E-state index contributed by atoms with van der Waals surface area (Å²) in [5, 5.41) is 12.4. The highest BCUT2D eigenvalue weighted by Crippen LogP contribution is 2.31. The van der Waals surface area contributed by atoms with Crippen molar-refractivity contribution in [3.8, 4) is 0 Å². The standard InChI is InChI=1S/C16H21N5OS/c1-20-14(18-19-16(20)23-2)13-9-6-10-21(13)15(22)17-11-12-7-4-3-5-8-12/h3-5,7-8,13H,6,9-11H2,1-2H3,(H,17,22). The van der Waals surface area contributed by atoms with Gasteiger partial charge in [0.2, 0.25) is 0 Å². The lowest BCUT2D eigenvalue weighted by Gasteiger charge is -2.24. The topological polar surface area (TPSA) is 63.1 Å². The smallest absolute Gasteiger partial charge is 0.318 e. The molecule has 7 heteroatoms. The fourth-order valence-corrected chi connectivity index (χ4v) is 3.44. The number of thioether (sulfide) groups is 1. The van der Waals surface area contributed by atoms with Crippen LogP contribution in [0.15, 0.2) is 35.5 Å². The van der Waals surface area contributed by atoms with Crippen LogP contribution in [0.1, 0.15) is 30.3 Å². The third-order valence-corrected chi connectivity index (χ3v) is 4.87. The Bertz CT molecular complexity index is 672. The Morgan fingerprint density at radius 3 is 2.83 bits per heavy atom. The van der Waals surface area contributed by atoms with Gasteiger partial charge < -0.3 is 14.8 Å². The molecule has 1 unspecified atom stereocenters. The zero-order valence-electron chi connectivity index (χ0n) is 13.4. The SMILES string of the molecule is CSc1nnc(C2CCCN2C(=O)NCc2ccccc2)n1C. The summed E-state index contributed by atoms with van der Waals surface area (Å²) < 4.78 is 1.98. The van der Waals surface area contributed by atoms with E-state index in [2.05, 4.69) is 15.5 Å². The molecular weight excluding hydrogens is 310 g/mol. The predicted molar refractivity (Wildman–Crippen MR) is 90.1 cm³/mol. The van der Waals surface area contributed by atoms with E-state index in [1.165, 1.54) is 0 Å². The Morgan fingerprint density at radius 2 is 2.13 bits per heavy atom. The number of benzene rings is 1. The summed E-state index contributed by atoms with van der Waals surface area (Å²) in [5.74, 6) is 0.863. The van der Waals surface area contributed by atoms with Crippen molar-refractivity contribution in [3.63, 3.8) is 0 Å². The zero-order chi connectivity index (χ0) is 16.2. The molecule has 1 aromatic carbocycles. The van der Waals surface area contributed by atoms with Crippen molar-refractivity contribution in [3.05, 3.63) is 41.7 Å². The lowest BCUT2D eigenvalue weighted by molar-refractivity contribution is 0.189. The molecule has 0 aliphatic carbocycles. The van der Waals surface area contributed by atoms with Crippen molar-refractivity contribution in [1.82, 2.24) is 25.0 Å². The minimum Gasteiger partial charge on any atom is -0.334 e. The summed E-state index contributed by atoms with van der Waals surface area (Å²) in [6.45, 7) is 1.30. The van der Waals surface area contributed by atoms with Crippen LogP contribution < -0.4 is 5.32 Å². The number of hydrogen-bond donors (Lipinski definition) is 1. The van der Waals surface area contributed by atoms with Crippen molar-refractivity contribution in [2.45, 2.75) is 30.6 Å². The van der Waals surface area contributed by atoms with Gasteiger partial charge in [-0.1, -0.05) is 42.1 Å². The summed E-state index contributed by atoms with van der Waals surface area (Å²) in [6.07, 6.45) is 3.90. The monoisotopic (exact) mass is 331 g/mol. The van der Waals surface area contributed by atoms with E-state index in [-0.39, 0.29) is 12.1 Å². The van der Waals surface area contributed by atoms with Gasteiger partial charge in [-0.15, -0.1) is 10.2 Å². The molecule has 1 saturated heterocycles. The second-order valence-corrected chi connectivity index (χ2v) is 6.37. The summed E-state index contributed by atoms with van der Waals surface area (Å²) in [7, 11) is 1.96. The number of aromatic nitrogens is 3. The quantitative estimate of drug-likeness (QED) is 0.875. The number of carbonyl (C=O) groups excluding carboxylic acids is 1. The molecule has 122 valence electrons. The van der Waals surface area contributed by atoms with Crippen molar-refractivity contribution < 1.29 is 4.79 Å². The van der Waals surface area contributed by atoms with Crippen LogP contribution in [0.5, 0.6) is 0 Å². The van der Waals surface area contributed by atoms with Crippen LogP contribution in [0.25, 0.3) is 0 Å². The maximum absolute atomic E-state index is 12.5. The molecule has 2 aromatic rings. The van der Waals surface area contributed by atoms with E-state index >= 15 is 0 Å². The van der Waals surface area contributed by atoms with Gasteiger partial charge in [0.15, 0.2) is 11.0 Å². The summed E-state index contributed by atoms with van der Waals surface area (Å²) in [4.78, 5) is 14.4. The van der Waals surface area contributed by atoms with Gasteiger partial charge in [0.05, 0.1) is 6.04 Å². The van der Waals surface area contributed by atoms with E-state index in [0.717, 1.165) is 35.9 Å². The van der Waals surface area contributed by atoms with Gasteiger partial charge in [-0.25, -0.2) is 4.79 Å². The Labute approximate surface area is 140 Å². The van der Waals surface area contributed by atoms with E-state index in [1.807, 2.05) is 53.1 Å². The highest BCUT2D eigenvalue weighted by molar-refractivity contribution is 7.98. The lowest BCUT2D eigenvalue weighted by Crippen LogP contribution is -2.39. The zero-order valence-corrected chi connectivity index (χ0v) is 14.2. The Hall–Kier alpha value is -2.02. The fourth-order valence-electron chi connectivity index (χ4n) is 2.95. The molecule has 1 atom stereocenters. The molecule has 2 heterocycles. The maximum atomic E-state index is 12.5. The number of urea groups is 1. The van der Waals surface area contributed by atoms with Crippen LogP contribution >= 0.6 is 11.8 Å². The number of nitrogens with one attached hydrogen (secondary N) is 1. The van der Waals surface area contributed by atoms with Gasteiger partial charge >= 0.3 is 6.03 Å². The minimum absolute atomic E-state index is 0.00386. The third kappa shape index (κ3) is 3.34. The summed E-state index contributed by atoms with van der Waals surface area (Å²) in [5.41, 5.74) is 1.10. The molecular formula is C16H21N5OS. The first-order chi connectivity index (χ1) is 11.2. The van der Waals surface area contributed by atoms with Gasteiger partial charge in [-0.2, -0.15) is 0 Å². The molecule has 1 aliphatic rings. The molecule has 1 aromatic heterocycles. The number of rotatable bonds is 4. The number of nitrogens with zero attached hydrogens (tertiary/aromatic N) is 4. The third-order valence-electron chi connectivity index (χ3n) is 4.15. The normalized spacial score (nSPS) is 17.5. The van der Waals surface area contributed by atoms with Gasteiger partial charge in [0.25, 0.3) is 0 Å². The van der Waals surface area contributed by atoms with Crippen LogP contribution in [0, 0.1) is 0 Å². The van der Waals surface area contributed by atoms with Crippen molar-refractivity contribution in [2.75, 3.05) is 12.8 Å². The summed E-state index contributed by atoms with van der Waals surface area (Å²) in [6, 6.07) is 9.91. The van der Waals surface area contributed by atoms with Crippen molar-refractivity contribution >= 4 is 17.8 Å². The molecule has 0 radical (unpaired) electrons. The highest BCUT2D eigenvalue weighted by Gasteiger charge is 2.33. The number of likely N-dealkylation sites (tertiary alicyclic amines) is 1. The Morgan fingerprint density at radius 1 is 1.35 bits per heavy atom. The average Bonchev–Trinajstić information content (AvgIpc) is 3.19. The van der Waals surface area contributed by atoms with Gasteiger partial charge in [-0.3, -0.25) is 0 Å². The van der Waals surface area contributed by atoms with E-state index in [4.69, 9.17) is 0 Å². The van der Waals surface area contributed by atoms with Crippen LogP contribution in [0.3, 0.4) is 0 Å². The molecule has 2 amide bonds. The molecule has 0 bridgehead atoms. The predicted octanol–water partition coefficient (Wildman–Crippen LogP) is 2.58. The second kappa shape index (κ2) is 7.04. The fraction of sp³-hybridized carbons (Fsp3) is 0.438. The van der Waals surface area contributed by atoms with Gasteiger partial charge in [-0.05, 0) is 24.7 Å². The first-order valence-electron chi connectivity index (χ1n) is 7.72. The Kier molecular flexibility index (Phi) is 4.85. The van der Waals surface area contributed by atoms with Crippen LogP contribution in [-0.4, -0.2) is 38.5 Å². The van der Waals surface area contributed by atoms with Crippen LogP contribution in [0.2, 0.25) is 0 Å². The van der Waals surface area contributed by atoms with Crippen molar-refractivity contribution in [2.24, 2.45) is 7.05 Å². The molecule has 1 fully saturated rings. The Balaban J connectivity index is 1.68. The van der Waals surface area contributed by atoms with E-state index in [9.17, 15) is 4.79 Å². The molecule has 3 rings (SSSR count). The van der Waals surface area contributed by atoms with E-state index in [0.29, 0.717) is 6.54 Å². The second-order valence-electron chi connectivity index (χ2n) is 5.60. The molecule has 1 N–H and O–H groups in total. The molecule has 1 aliphatic heterocycles. The highest BCUT2D eigenvalue weighted by atomic mass is 32.2. The molecule has 0 spiro atoms. The van der Waals surface area contributed by atoms with E-state index < -0.39 is 0 Å². The number of carbonyl (C=O) groups is 1. The molecule has 6 nitrogen and oxygen atoms in total. The van der Waals surface area contributed by atoms with Crippen LogP contribution in [-0.2, 0) is 13.6 Å². The summed E-state index contributed by atoms with van der Waals surface area (Å²) >= 11 is 1.56. The van der Waals surface area contributed by atoms with Gasteiger partial charge in [0.1, 0.15) is 0 Å². The van der Waals surface area contributed by atoms with E-state index in [1.54, 1.807) is 11.8 Å². The maximum Gasteiger partial charge on any atom is 0.318 e. The molecule has 23 heavy (non-hydrogen) atoms. The number of amides is 2.